The van der Waals surface area contributed by atoms with Crippen molar-refractivity contribution in [3.8, 4) is 0 Å². The lowest BCUT2D eigenvalue weighted by Gasteiger charge is -2.03. The van der Waals surface area contributed by atoms with Gasteiger partial charge >= 0.3 is 0 Å². The number of hydrogen-bond donors (Lipinski definition) is 1. The van der Waals surface area contributed by atoms with Crippen LogP contribution >= 0.6 is 0 Å². The first kappa shape index (κ1) is 22.7. The van der Waals surface area contributed by atoms with E-state index in [2.05, 4.69) is 11.9 Å². The summed E-state index contributed by atoms with van der Waals surface area (Å²) in [7, 11) is 0. The molecule has 0 bridgehead atoms. The van der Waals surface area contributed by atoms with Gasteiger partial charge in [0.05, 0.1) is 5.56 Å². The highest BCUT2D eigenvalue weighted by molar-refractivity contribution is 5.95. The third-order valence-electron chi connectivity index (χ3n) is 5.13. The maximum absolute atomic E-state index is 12.0. The Hall–Kier alpha value is -1.38. The third kappa shape index (κ3) is 11.3. The quantitative estimate of drug-likeness (QED) is 0.244. The summed E-state index contributed by atoms with van der Waals surface area (Å²) in [6.07, 6.45) is 21.8. The van der Waals surface area contributed by atoms with Gasteiger partial charge < -0.3 is 4.98 Å². The lowest BCUT2D eigenvalue weighted by molar-refractivity contribution is 0.0977. The number of carbonyl (C=O) groups is 1. The molecule has 26 heavy (non-hydrogen) atoms. The van der Waals surface area contributed by atoms with Gasteiger partial charge in [-0.2, -0.15) is 0 Å². The minimum Gasteiger partial charge on any atom is -0.328 e. The van der Waals surface area contributed by atoms with Crippen molar-refractivity contribution < 1.29 is 4.79 Å². The van der Waals surface area contributed by atoms with Gasteiger partial charge in [0.1, 0.15) is 0 Å². The largest absolute Gasteiger partial charge is 0.328 e. The molecule has 0 aromatic carbocycles. The average Bonchev–Trinajstić information content (AvgIpc) is 2.65. The Balaban J connectivity index is 1.84. The zero-order valence-corrected chi connectivity index (χ0v) is 16.9. The summed E-state index contributed by atoms with van der Waals surface area (Å²) in [6.45, 7) is 2.27. The van der Waals surface area contributed by atoms with Crippen LogP contribution in [0.1, 0.15) is 120 Å². The van der Waals surface area contributed by atoms with Crippen LogP contribution in [0.2, 0.25) is 0 Å². The minimum atomic E-state index is -0.265. The molecule has 3 heteroatoms. The fraction of sp³-hybridized carbons (Fsp3) is 0.739. The number of unbranched alkanes of at least 4 members (excludes halogenated alkanes) is 14. The summed E-state index contributed by atoms with van der Waals surface area (Å²) >= 11 is 0. The predicted octanol–water partition coefficient (Wildman–Crippen LogP) is 6.82. The minimum absolute atomic E-state index is 0.0263. The highest BCUT2D eigenvalue weighted by Gasteiger charge is 2.08. The predicted molar refractivity (Wildman–Crippen MR) is 111 cm³/mol. The Morgan fingerprint density at radius 3 is 1.69 bits per heavy atom. The van der Waals surface area contributed by atoms with Crippen molar-refractivity contribution in [2.24, 2.45) is 0 Å². The van der Waals surface area contributed by atoms with E-state index in [1.165, 1.54) is 83.5 Å². The maximum Gasteiger partial charge on any atom is 0.258 e. The molecule has 0 unspecified atom stereocenters. The van der Waals surface area contributed by atoms with Gasteiger partial charge in [0.25, 0.3) is 5.56 Å². The van der Waals surface area contributed by atoms with Crippen LogP contribution in [-0.2, 0) is 0 Å². The van der Waals surface area contributed by atoms with E-state index in [9.17, 15) is 9.59 Å². The summed E-state index contributed by atoms with van der Waals surface area (Å²) < 4.78 is 0. The van der Waals surface area contributed by atoms with Crippen molar-refractivity contribution >= 4 is 5.78 Å². The number of H-pyrrole nitrogens is 1. The number of ketones is 1. The molecular formula is C23H39NO2. The van der Waals surface area contributed by atoms with E-state index >= 15 is 0 Å². The SMILES string of the molecule is CCCCCCCCCCCCCCCCCC(=O)c1ccc[nH]c1=O. The van der Waals surface area contributed by atoms with E-state index < -0.39 is 0 Å². The monoisotopic (exact) mass is 361 g/mol. The second-order valence-electron chi connectivity index (χ2n) is 7.54. The standard InChI is InChI=1S/C23H39NO2/c1-2-3-4-5-6-7-8-9-10-11-12-13-14-15-16-19-22(25)21-18-17-20-24-23(21)26/h17-18,20H,2-16,19H2,1H3,(H,24,26). The van der Waals surface area contributed by atoms with Crippen LogP contribution in [0.15, 0.2) is 23.1 Å². The Bertz CT molecular complexity index is 521. The Labute approximate surface area is 160 Å². The van der Waals surface area contributed by atoms with Gasteiger partial charge in [0.2, 0.25) is 0 Å². The molecule has 0 atom stereocenters. The molecule has 3 nitrogen and oxygen atoms in total. The summed E-state index contributed by atoms with van der Waals surface area (Å²) in [5.74, 6) is -0.0263. The molecule has 1 heterocycles. The van der Waals surface area contributed by atoms with E-state index in [0.717, 1.165) is 12.8 Å². The zero-order valence-electron chi connectivity index (χ0n) is 16.9. The number of pyridine rings is 1. The van der Waals surface area contributed by atoms with E-state index in [1.54, 1.807) is 18.3 Å². The van der Waals surface area contributed by atoms with Crippen molar-refractivity contribution in [2.45, 2.75) is 110 Å². The molecule has 0 radical (unpaired) electrons. The number of nitrogens with one attached hydrogen (secondary N) is 1. The molecule has 0 aliphatic carbocycles. The Morgan fingerprint density at radius 2 is 1.23 bits per heavy atom. The third-order valence-corrected chi connectivity index (χ3v) is 5.13. The summed E-state index contributed by atoms with van der Waals surface area (Å²) in [5.41, 5.74) is 0.0383. The van der Waals surface area contributed by atoms with Crippen molar-refractivity contribution in [1.82, 2.24) is 4.98 Å². The fourth-order valence-electron chi connectivity index (χ4n) is 3.43. The van der Waals surface area contributed by atoms with Crippen LogP contribution in [0.4, 0.5) is 0 Å². The van der Waals surface area contributed by atoms with Crippen LogP contribution in [0.3, 0.4) is 0 Å². The molecular weight excluding hydrogens is 322 g/mol. The smallest absolute Gasteiger partial charge is 0.258 e. The van der Waals surface area contributed by atoms with E-state index in [0.29, 0.717) is 12.0 Å². The molecule has 1 rings (SSSR count). The van der Waals surface area contributed by atoms with Crippen molar-refractivity contribution in [2.75, 3.05) is 0 Å². The molecule has 0 aliphatic rings. The number of Topliss-reactive ketones (excluding diaryl/α,β-unsaturated/α-hetero) is 1. The second-order valence-corrected chi connectivity index (χ2v) is 7.54. The van der Waals surface area contributed by atoms with Crippen molar-refractivity contribution in [1.29, 1.82) is 0 Å². The van der Waals surface area contributed by atoms with Crippen molar-refractivity contribution in [3.05, 3.63) is 34.2 Å². The van der Waals surface area contributed by atoms with Gasteiger partial charge in [-0.1, -0.05) is 96.8 Å². The molecule has 0 saturated heterocycles. The molecule has 0 saturated carbocycles. The number of aromatic amines is 1. The molecule has 1 aromatic heterocycles. The molecule has 1 N–H and O–H groups in total. The first-order chi connectivity index (χ1) is 12.8. The molecule has 0 aliphatic heterocycles. The maximum atomic E-state index is 12.0. The van der Waals surface area contributed by atoms with Crippen LogP contribution in [0.5, 0.6) is 0 Å². The number of aromatic nitrogens is 1. The lowest BCUT2D eigenvalue weighted by atomic mass is 10.0. The van der Waals surface area contributed by atoms with E-state index in [-0.39, 0.29) is 11.3 Å². The zero-order chi connectivity index (χ0) is 18.9. The van der Waals surface area contributed by atoms with Crippen LogP contribution in [0.25, 0.3) is 0 Å². The molecule has 148 valence electrons. The van der Waals surface area contributed by atoms with E-state index in [1.807, 2.05) is 0 Å². The highest BCUT2D eigenvalue weighted by Crippen LogP contribution is 2.14. The fourth-order valence-corrected chi connectivity index (χ4v) is 3.43. The van der Waals surface area contributed by atoms with Crippen LogP contribution in [-0.4, -0.2) is 10.8 Å². The average molecular weight is 362 g/mol. The lowest BCUT2D eigenvalue weighted by Crippen LogP contribution is -2.16. The van der Waals surface area contributed by atoms with Gasteiger partial charge in [-0.3, -0.25) is 9.59 Å². The molecule has 1 aromatic rings. The van der Waals surface area contributed by atoms with Crippen molar-refractivity contribution in [3.63, 3.8) is 0 Å². The normalized spacial score (nSPS) is 11.0. The van der Waals surface area contributed by atoms with E-state index in [4.69, 9.17) is 0 Å². The summed E-state index contributed by atoms with van der Waals surface area (Å²) in [6, 6.07) is 3.33. The topological polar surface area (TPSA) is 49.9 Å². The van der Waals surface area contributed by atoms with Gasteiger partial charge in [0, 0.05) is 12.6 Å². The molecule has 0 fully saturated rings. The Kier molecular flexibility index (Phi) is 13.8. The first-order valence-corrected chi connectivity index (χ1v) is 11.0. The molecule has 0 spiro atoms. The van der Waals surface area contributed by atoms with Crippen LogP contribution < -0.4 is 5.56 Å². The van der Waals surface area contributed by atoms with Gasteiger partial charge in [-0.25, -0.2) is 0 Å². The molecule has 0 amide bonds. The second kappa shape index (κ2) is 15.8. The highest BCUT2D eigenvalue weighted by atomic mass is 16.1. The number of rotatable bonds is 17. The number of hydrogen-bond acceptors (Lipinski definition) is 2. The summed E-state index contributed by atoms with van der Waals surface area (Å²) in [4.78, 5) is 26.1. The Morgan fingerprint density at radius 1 is 0.769 bits per heavy atom. The van der Waals surface area contributed by atoms with Gasteiger partial charge in [-0.15, -0.1) is 0 Å². The first-order valence-electron chi connectivity index (χ1n) is 11.0. The summed E-state index contributed by atoms with van der Waals surface area (Å²) in [5, 5.41) is 0. The van der Waals surface area contributed by atoms with Gasteiger partial charge in [0.15, 0.2) is 5.78 Å². The van der Waals surface area contributed by atoms with Crippen LogP contribution in [0, 0.1) is 0 Å². The van der Waals surface area contributed by atoms with Gasteiger partial charge in [-0.05, 0) is 18.6 Å². The number of carbonyl (C=O) groups excluding carboxylic acids is 1.